The second-order valence-corrected chi connectivity index (χ2v) is 6.86. The van der Waals surface area contributed by atoms with Crippen LogP contribution in [0.3, 0.4) is 0 Å². The van der Waals surface area contributed by atoms with Crippen LogP contribution in [0.2, 0.25) is 0 Å². The molecule has 2 aromatic carbocycles. The molecule has 3 heterocycles. The number of aryl methyl sites for hydroxylation is 2. The average Bonchev–Trinajstić information content (AvgIpc) is 3.17. The molecule has 0 bridgehead atoms. The van der Waals surface area contributed by atoms with Crippen molar-refractivity contribution in [3.63, 3.8) is 0 Å². The molecule has 0 saturated heterocycles. The number of anilines is 3. The summed E-state index contributed by atoms with van der Waals surface area (Å²) < 4.78 is 29.1. The molecular weight excluding hydrogens is 322 g/mol. The molecule has 0 fully saturated rings. The van der Waals surface area contributed by atoms with Crippen molar-refractivity contribution < 1.29 is 8.53 Å². The Morgan fingerprint density at radius 1 is 1.04 bits per heavy atom. The van der Waals surface area contributed by atoms with E-state index in [1.54, 1.807) is 12.1 Å². The summed E-state index contributed by atoms with van der Waals surface area (Å²) >= 11 is 0. The van der Waals surface area contributed by atoms with Gasteiger partial charge in [-0.3, -0.25) is 0 Å². The minimum Gasteiger partial charge on any atom is -0.435 e. The van der Waals surface area contributed by atoms with Gasteiger partial charge >= 0.3 is 0 Å². The molecule has 130 valence electrons. The molecule has 0 amide bonds. The molecule has 4 nitrogen and oxygen atoms in total. The van der Waals surface area contributed by atoms with Crippen LogP contribution < -0.4 is 9.80 Å². The first-order chi connectivity index (χ1) is 13.8. The van der Waals surface area contributed by atoms with Crippen LogP contribution in [0.15, 0.2) is 52.9 Å². The van der Waals surface area contributed by atoms with Gasteiger partial charge in [-0.25, -0.2) is 4.98 Å². The third kappa shape index (κ3) is 1.93. The molecule has 0 aliphatic carbocycles. The Morgan fingerprint density at radius 3 is 2.62 bits per heavy atom. The van der Waals surface area contributed by atoms with Gasteiger partial charge in [0, 0.05) is 27.6 Å². The fraction of sp³-hybridized carbons (Fsp3) is 0.227. The van der Waals surface area contributed by atoms with Gasteiger partial charge in [-0.2, -0.15) is 0 Å². The number of fused-ring (bicyclic) bond motifs is 4. The van der Waals surface area contributed by atoms with E-state index in [9.17, 15) is 0 Å². The average molecular weight is 346 g/mol. The monoisotopic (exact) mass is 346 g/mol. The van der Waals surface area contributed by atoms with Crippen LogP contribution >= 0.6 is 0 Å². The molecule has 4 heteroatoms. The number of benzene rings is 2. The van der Waals surface area contributed by atoms with E-state index in [1.165, 1.54) is 0 Å². The van der Waals surface area contributed by atoms with Gasteiger partial charge in [0.05, 0.1) is 17.1 Å². The smallest absolute Gasteiger partial charge is 0.227 e. The molecule has 1 aliphatic rings. The highest BCUT2D eigenvalue weighted by Crippen LogP contribution is 2.47. The minimum atomic E-state index is -2.27. The van der Waals surface area contributed by atoms with Crippen LogP contribution in [0.5, 0.6) is 0 Å². The van der Waals surface area contributed by atoms with Gasteiger partial charge in [0.15, 0.2) is 5.58 Å². The zero-order valence-electron chi connectivity index (χ0n) is 17.9. The number of hydrogen-bond acceptors (Lipinski definition) is 4. The molecule has 26 heavy (non-hydrogen) atoms. The predicted octanol–water partition coefficient (Wildman–Crippen LogP) is 5.53. The van der Waals surface area contributed by atoms with E-state index < -0.39 is 6.85 Å². The van der Waals surface area contributed by atoms with Crippen molar-refractivity contribution >= 4 is 39.1 Å². The molecule has 0 saturated carbocycles. The lowest BCUT2D eigenvalue weighted by Crippen LogP contribution is -2.36. The van der Waals surface area contributed by atoms with E-state index >= 15 is 0 Å². The largest absolute Gasteiger partial charge is 0.435 e. The van der Waals surface area contributed by atoms with Crippen molar-refractivity contribution in [1.29, 1.82) is 0 Å². The maximum Gasteiger partial charge on any atom is 0.227 e. The van der Waals surface area contributed by atoms with E-state index in [1.807, 2.05) is 18.2 Å². The Labute approximate surface area is 156 Å². The molecule has 4 aromatic rings. The summed E-state index contributed by atoms with van der Waals surface area (Å²) in [5.41, 5.74) is 5.48. The zero-order valence-corrected chi connectivity index (χ0v) is 14.9. The number of furan rings is 1. The molecule has 2 aromatic heterocycles. The van der Waals surface area contributed by atoms with Crippen molar-refractivity contribution in [1.82, 2.24) is 4.98 Å². The van der Waals surface area contributed by atoms with Gasteiger partial charge in [0.25, 0.3) is 0 Å². The first-order valence-corrected chi connectivity index (χ1v) is 8.72. The van der Waals surface area contributed by atoms with E-state index in [-0.39, 0.29) is 11.9 Å². The van der Waals surface area contributed by atoms with Crippen molar-refractivity contribution in [3.05, 3.63) is 59.8 Å². The fourth-order valence-corrected chi connectivity index (χ4v) is 3.95. The summed E-state index contributed by atoms with van der Waals surface area (Å²) in [7, 11) is 2.09. The quantitative estimate of drug-likeness (QED) is 0.453. The van der Waals surface area contributed by atoms with Gasteiger partial charge in [-0.15, -0.1) is 0 Å². The van der Waals surface area contributed by atoms with Gasteiger partial charge in [-0.05, 0) is 50.5 Å². The first kappa shape index (κ1) is 12.4. The molecule has 0 radical (unpaired) electrons. The molecule has 1 unspecified atom stereocenters. The summed E-state index contributed by atoms with van der Waals surface area (Å²) in [6.07, 6.45) is 0.107. The van der Waals surface area contributed by atoms with Crippen LogP contribution in [-0.4, -0.2) is 18.2 Å². The summed E-state index contributed by atoms with van der Waals surface area (Å²) in [6, 6.07) is 15.8. The standard InChI is InChI=1S/C22H21N3O/c1-13-9-11-16-17-12-10-14(2)23-22(17)26-21(16)20(13)25-15(3)24(4)18-7-5-6-8-19(18)25/h5-12,15H,1-4H3/i2D3. The number of hydrogen-bond donors (Lipinski definition) is 0. The Kier molecular flexibility index (Phi) is 2.49. The lowest BCUT2D eigenvalue weighted by atomic mass is 10.1. The second-order valence-electron chi connectivity index (χ2n) is 6.86. The van der Waals surface area contributed by atoms with Gasteiger partial charge in [0.2, 0.25) is 5.71 Å². The van der Waals surface area contributed by atoms with Gasteiger partial charge in [-0.1, -0.05) is 24.3 Å². The van der Waals surface area contributed by atoms with Gasteiger partial charge < -0.3 is 14.2 Å². The molecule has 1 atom stereocenters. The molecule has 0 spiro atoms. The van der Waals surface area contributed by atoms with Crippen LogP contribution in [0.4, 0.5) is 17.1 Å². The van der Waals surface area contributed by atoms with Crippen molar-refractivity contribution in [2.45, 2.75) is 26.9 Å². The Balaban J connectivity index is 1.79. The summed E-state index contributed by atoms with van der Waals surface area (Å²) in [6.45, 7) is 1.96. The van der Waals surface area contributed by atoms with E-state index in [0.29, 0.717) is 5.71 Å². The fourth-order valence-electron chi connectivity index (χ4n) is 3.95. The Morgan fingerprint density at radius 2 is 1.81 bits per heavy atom. The van der Waals surface area contributed by atoms with E-state index in [4.69, 9.17) is 8.53 Å². The van der Waals surface area contributed by atoms with Crippen molar-refractivity contribution in [2.24, 2.45) is 0 Å². The normalized spacial score (nSPS) is 18.9. The zero-order chi connectivity index (χ0) is 20.5. The Bertz CT molecular complexity index is 1260. The number of para-hydroxylation sites is 2. The SMILES string of the molecule is [2H]C([2H])([2H])c1ccc2c(n1)oc1c(N3c4ccccc4N(C)C3C)c(C)ccc12. The van der Waals surface area contributed by atoms with E-state index in [0.717, 1.165) is 39.0 Å². The molecule has 5 rings (SSSR count). The number of pyridine rings is 1. The molecular formula is C22H21N3O. The van der Waals surface area contributed by atoms with Crippen LogP contribution in [0, 0.1) is 13.8 Å². The maximum atomic E-state index is 7.64. The number of nitrogens with zero attached hydrogens (tertiary/aromatic N) is 3. The summed E-state index contributed by atoms with van der Waals surface area (Å²) in [5.74, 6) is 0. The second kappa shape index (κ2) is 5.24. The highest BCUT2D eigenvalue weighted by atomic mass is 16.3. The lowest BCUT2D eigenvalue weighted by Gasteiger charge is -2.29. The van der Waals surface area contributed by atoms with E-state index in [2.05, 4.69) is 53.9 Å². The maximum absolute atomic E-state index is 7.64. The van der Waals surface area contributed by atoms with Crippen LogP contribution in [0.1, 0.15) is 22.3 Å². The topological polar surface area (TPSA) is 32.5 Å². The van der Waals surface area contributed by atoms with Gasteiger partial charge in [0.1, 0.15) is 6.17 Å². The number of rotatable bonds is 1. The number of aromatic nitrogens is 1. The third-order valence-electron chi connectivity index (χ3n) is 5.38. The summed E-state index contributed by atoms with van der Waals surface area (Å²) in [4.78, 5) is 8.82. The highest BCUT2D eigenvalue weighted by molar-refractivity contribution is 6.10. The molecule has 0 N–H and O–H groups in total. The minimum absolute atomic E-state index is 0.0435. The van der Waals surface area contributed by atoms with Crippen LogP contribution in [0.25, 0.3) is 22.1 Å². The molecule has 1 aliphatic heterocycles. The summed E-state index contributed by atoms with van der Waals surface area (Å²) in [5, 5.41) is 1.76. The predicted molar refractivity (Wildman–Crippen MR) is 107 cm³/mol. The Hall–Kier alpha value is -3.01. The highest BCUT2D eigenvalue weighted by Gasteiger charge is 2.34. The van der Waals surface area contributed by atoms with Crippen molar-refractivity contribution in [2.75, 3.05) is 16.8 Å². The third-order valence-corrected chi connectivity index (χ3v) is 5.38. The van der Waals surface area contributed by atoms with Crippen LogP contribution in [-0.2, 0) is 0 Å². The first-order valence-electron chi connectivity index (χ1n) is 10.2. The lowest BCUT2D eigenvalue weighted by molar-refractivity contribution is 0.647. The van der Waals surface area contributed by atoms with Crippen molar-refractivity contribution in [3.8, 4) is 0 Å².